The minimum absolute atomic E-state index is 0.0531. The highest BCUT2D eigenvalue weighted by molar-refractivity contribution is 7.89. The van der Waals surface area contributed by atoms with Crippen LogP contribution in [0.3, 0.4) is 0 Å². The zero-order valence-corrected chi connectivity index (χ0v) is 18.6. The zero-order chi connectivity index (χ0) is 22.0. The van der Waals surface area contributed by atoms with Crippen LogP contribution in [0, 0.1) is 11.7 Å². The molecule has 0 spiro atoms. The summed E-state index contributed by atoms with van der Waals surface area (Å²) in [5.41, 5.74) is 3.86. The smallest absolute Gasteiger partial charge is 0.243 e. The first-order chi connectivity index (χ1) is 14.8. The van der Waals surface area contributed by atoms with E-state index < -0.39 is 21.8 Å². The lowest BCUT2D eigenvalue weighted by molar-refractivity contribution is -0.126. The van der Waals surface area contributed by atoms with Crippen LogP contribution in [-0.2, 0) is 27.7 Å². The Hall–Kier alpha value is -2.25. The number of aryl methyl sites for hydroxylation is 2. The Labute approximate surface area is 183 Å². The fourth-order valence-corrected chi connectivity index (χ4v) is 6.09. The molecule has 0 saturated carbocycles. The van der Waals surface area contributed by atoms with Gasteiger partial charge in [0, 0.05) is 13.1 Å². The van der Waals surface area contributed by atoms with Gasteiger partial charge in [0.2, 0.25) is 15.9 Å². The predicted octanol–water partition coefficient (Wildman–Crippen LogP) is 3.98. The second-order valence-electron chi connectivity index (χ2n) is 8.62. The average molecular weight is 445 g/mol. The quantitative estimate of drug-likeness (QED) is 0.759. The zero-order valence-electron chi connectivity index (χ0n) is 17.8. The molecular formula is C24H29FN2O3S. The molecule has 1 heterocycles. The SMILES string of the molecule is C[C@H](NC(=O)[C@H]1CCCN(S(=O)(=O)c2ccc(F)cc2)C1)c1ccc2c(c1)CCCC2. The monoisotopic (exact) mass is 444 g/mol. The maximum absolute atomic E-state index is 13.2. The number of hydrogen-bond donors (Lipinski definition) is 1. The van der Waals surface area contributed by atoms with E-state index in [4.69, 9.17) is 0 Å². The summed E-state index contributed by atoms with van der Waals surface area (Å²) in [5.74, 6) is -1.00. The largest absolute Gasteiger partial charge is 0.349 e. The number of nitrogens with one attached hydrogen (secondary N) is 1. The molecule has 0 radical (unpaired) electrons. The highest BCUT2D eigenvalue weighted by Crippen LogP contribution is 2.27. The normalized spacial score (nSPS) is 20.6. The van der Waals surface area contributed by atoms with Crippen LogP contribution in [-0.4, -0.2) is 31.7 Å². The number of carbonyl (C=O) groups excluding carboxylic acids is 1. The second-order valence-corrected chi connectivity index (χ2v) is 10.6. The van der Waals surface area contributed by atoms with Crippen molar-refractivity contribution in [2.24, 2.45) is 5.92 Å². The highest BCUT2D eigenvalue weighted by Gasteiger charge is 2.33. The first-order valence-electron chi connectivity index (χ1n) is 11.0. The Morgan fingerprint density at radius 2 is 1.77 bits per heavy atom. The number of hydrogen-bond acceptors (Lipinski definition) is 3. The molecule has 2 aromatic carbocycles. The van der Waals surface area contributed by atoms with Crippen molar-refractivity contribution in [3.63, 3.8) is 0 Å². The van der Waals surface area contributed by atoms with E-state index in [9.17, 15) is 17.6 Å². The molecule has 1 fully saturated rings. The van der Waals surface area contributed by atoms with E-state index in [2.05, 4.69) is 23.5 Å². The van der Waals surface area contributed by atoms with Crippen LogP contribution in [0.4, 0.5) is 4.39 Å². The molecule has 31 heavy (non-hydrogen) atoms. The Bertz CT molecular complexity index is 1050. The summed E-state index contributed by atoms with van der Waals surface area (Å²) in [4.78, 5) is 13.0. The summed E-state index contributed by atoms with van der Waals surface area (Å²) in [7, 11) is -3.75. The Morgan fingerprint density at radius 1 is 1.06 bits per heavy atom. The summed E-state index contributed by atoms with van der Waals surface area (Å²) in [6.45, 7) is 2.48. The van der Waals surface area contributed by atoms with E-state index in [-0.39, 0.29) is 23.4 Å². The fourth-order valence-electron chi connectivity index (χ4n) is 4.57. The van der Waals surface area contributed by atoms with E-state index in [1.807, 2.05) is 6.92 Å². The van der Waals surface area contributed by atoms with Gasteiger partial charge in [-0.2, -0.15) is 4.31 Å². The number of sulfonamides is 1. The Kier molecular flexibility index (Phi) is 6.44. The van der Waals surface area contributed by atoms with E-state index in [0.29, 0.717) is 19.4 Å². The van der Waals surface area contributed by atoms with Gasteiger partial charge >= 0.3 is 0 Å². The first-order valence-corrected chi connectivity index (χ1v) is 12.5. The Balaban J connectivity index is 1.42. The molecule has 1 aliphatic heterocycles. The number of halogens is 1. The van der Waals surface area contributed by atoms with Crippen LogP contribution < -0.4 is 5.32 Å². The molecule has 2 aromatic rings. The number of carbonyl (C=O) groups is 1. The molecule has 0 unspecified atom stereocenters. The molecule has 2 atom stereocenters. The molecule has 1 aliphatic carbocycles. The van der Waals surface area contributed by atoms with Crippen LogP contribution >= 0.6 is 0 Å². The lowest BCUT2D eigenvalue weighted by Gasteiger charge is -2.32. The van der Waals surface area contributed by atoms with Gasteiger partial charge < -0.3 is 5.32 Å². The highest BCUT2D eigenvalue weighted by atomic mass is 32.2. The number of rotatable bonds is 5. The van der Waals surface area contributed by atoms with Gasteiger partial charge in [-0.3, -0.25) is 4.79 Å². The molecule has 0 aromatic heterocycles. The summed E-state index contributed by atoms with van der Waals surface area (Å²) >= 11 is 0. The van der Waals surface area contributed by atoms with Gasteiger partial charge in [0.15, 0.2) is 0 Å². The van der Waals surface area contributed by atoms with Crippen molar-refractivity contribution in [3.05, 3.63) is 65.0 Å². The van der Waals surface area contributed by atoms with Gasteiger partial charge in [0.05, 0.1) is 16.9 Å². The topological polar surface area (TPSA) is 66.5 Å². The van der Waals surface area contributed by atoms with Crippen molar-refractivity contribution >= 4 is 15.9 Å². The van der Waals surface area contributed by atoms with Gasteiger partial charge in [-0.15, -0.1) is 0 Å². The summed E-state index contributed by atoms with van der Waals surface area (Å²) < 4.78 is 40.4. The fraction of sp³-hybridized carbons (Fsp3) is 0.458. The van der Waals surface area contributed by atoms with Crippen LogP contribution in [0.25, 0.3) is 0 Å². The molecule has 1 amide bonds. The van der Waals surface area contributed by atoms with Gasteiger partial charge in [-0.1, -0.05) is 18.2 Å². The van der Waals surface area contributed by atoms with Gasteiger partial charge in [-0.25, -0.2) is 12.8 Å². The third kappa shape index (κ3) is 4.83. The van der Waals surface area contributed by atoms with E-state index >= 15 is 0 Å². The third-order valence-corrected chi connectivity index (χ3v) is 8.32. The molecule has 5 nitrogen and oxygen atoms in total. The van der Waals surface area contributed by atoms with Gasteiger partial charge in [0.1, 0.15) is 5.82 Å². The van der Waals surface area contributed by atoms with Gasteiger partial charge in [-0.05, 0) is 86.4 Å². The van der Waals surface area contributed by atoms with Crippen molar-refractivity contribution in [2.45, 2.75) is 56.4 Å². The molecule has 1 N–H and O–H groups in total. The number of nitrogens with zero attached hydrogens (tertiary/aromatic N) is 1. The molecular weight excluding hydrogens is 415 g/mol. The lowest BCUT2D eigenvalue weighted by Crippen LogP contribution is -2.45. The van der Waals surface area contributed by atoms with Crippen LogP contribution in [0.15, 0.2) is 47.4 Å². The molecule has 1 saturated heterocycles. The van der Waals surface area contributed by atoms with Crippen molar-refractivity contribution in [1.29, 1.82) is 0 Å². The summed E-state index contributed by atoms with van der Waals surface area (Å²) in [6.07, 6.45) is 5.92. The van der Waals surface area contributed by atoms with Crippen molar-refractivity contribution in [2.75, 3.05) is 13.1 Å². The Morgan fingerprint density at radius 3 is 2.52 bits per heavy atom. The van der Waals surface area contributed by atoms with Crippen molar-refractivity contribution < 1.29 is 17.6 Å². The van der Waals surface area contributed by atoms with E-state index in [0.717, 1.165) is 30.5 Å². The average Bonchev–Trinajstić information content (AvgIpc) is 2.79. The number of benzene rings is 2. The number of amides is 1. The second kappa shape index (κ2) is 9.09. The molecule has 4 rings (SSSR count). The first kappa shape index (κ1) is 22.0. The van der Waals surface area contributed by atoms with Crippen molar-refractivity contribution in [3.8, 4) is 0 Å². The standard InChI is InChI=1S/C24H29FN2O3S/c1-17(19-9-8-18-5-2-3-6-20(18)15-19)26-24(28)21-7-4-14-27(16-21)31(29,30)23-12-10-22(25)11-13-23/h8-13,15,17,21H,2-7,14,16H2,1H3,(H,26,28)/t17-,21-/m0/s1. The van der Waals surface area contributed by atoms with Crippen LogP contribution in [0.5, 0.6) is 0 Å². The maximum Gasteiger partial charge on any atom is 0.243 e. The van der Waals surface area contributed by atoms with E-state index in [1.54, 1.807) is 0 Å². The molecule has 0 bridgehead atoms. The van der Waals surface area contributed by atoms with Gasteiger partial charge in [0.25, 0.3) is 0 Å². The maximum atomic E-state index is 13.2. The van der Waals surface area contributed by atoms with Crippen LogP contribution in [0.1, 0.15) is 55.3 Å². The third-order valence-electron chi connectivity index (χ3n) is 6.44. The molecule has 7 heteroatoms. The van der Waals surface area contributed by atoms with E-state index in [1.165, 1.54) is 40.4 Å². The lowest BCUT2D eigenvalue weighted by atomic mass is 9.89. The predicted molar refractivity (Wildman–Crippen MR) is 118 cm³/mol. The molecule has 166 valence electrons. The minimum Gasteiger partial charge on any atom is -0.349 e. The minimum atomic E-state index is -3.75. The van der Waals surface area contributed by atoms with Crippen molar-refractivity contribution in [1.82, 2.24) is 9.62 Å². The number of piperidine rings is 1. The summed E-state index contributed by atoms with van der Waals surface area (Å²) in [5, 5.41) is 3.08. The van der Waals surface area contributed by atoms with Crippen LogP contribution in [0.2, 0.25) is 0 Å². The summed E-state index contributed by atoms with van der Waals surface area (Å²) in [6, 6.07) is 11.1. The number of fused-ring (bicyclic) bond motifs is 1. The molecule has 2 aliphatic rings.